The molecular weight excluding hydrogens is 274 g/mol. The third-order valence-corrected chi connectivity index (χ3v) is 5.81. The van der Waals surface area contributed by atoms with Crippen LogP contribution in [0.25, 0.3) is 0 Å². The fourth-order valence-corrected chi connectivity index (χ4v) is 3.78. The maximum Gasteiger partial charge on any atom is 0.180 e. The summed E-state index contributed by atoms with van der Waals surface area (Å²) in [6, 6.07) is 6.99. The zero-order valence-corrected chi connectivity index (χ0v) is 12.7. The molecule has 2 N–H and O–H groups in total. The van der Waals surface area contributed by atoms with Crippen LogP contribution >= 0.6 is 0 Å². The van der Waals surface area contributed by atoms with Gasteiger partial charge in [-0.05, 0) is 25.0 Å². The van der Waals surface area contributed by atoms with E-state index in [9.17, 15) is 13.5 Å². The molecule has 2 rings (SSSR count). The van der Waals surface area contributed by atoms with Gasteiger partial charge in [0.1, 0.15) is 0 Å². The predicted molar refractivity (Wildman–Crippen MR) is 80.6 cm³/mol. The molecule has 112 valence electrons. The standard InChI is InChI=1S/C15H23NO3S/c1-2-20(18,19)15-10-6-4-8-13(15)16-11-12-7-3-5-9-14(12)17/h4,6,8,10,12,14,16-17H,2-3,5,7,9,11H2,1H3. The molecule has 1 fully saturated rings. The van der Waals surface area contributed by atoms with E-state index in [4.69, 9.17) is 0 Å². The van der Waals surface area contributed by atoms with Crippen molar-refractivity contribution in [1.29, 1.82) is 0 Å². The van der Waals surface area contributed by atoms with E-state index in [0.29, 0.717) is 17.1 Å². The first-order valence-electron chi connectivity index (χ1n) is 7.28. The quantitative estimate of drug-likeness (QED) is 0.876. The Balaban J connectivity index is 2.10. The SMILES string of the molecule is CCS(=O)(=O)c1ccccc1NCC1CCCCC1O. The van der Waals surface area contributed by atoms with E-state index in [2.05, 4.69) is 5.32 Å². The highest BCUT2D eigenvalue weighted by Crippen LogP contribution is 2.27. The Bertz CT molecular complexity index is 542. The van der Waals surface area contributed by atoms with Crippen LogP contribution in [0, 0.1) is 5.92 Å². The summed E-state index contributed by atoms with van der Waals surface area (Å²) in [6.07, 6.45) is 3.79. The van der Waals surface area contributed by atoms with Crippen LogP contribution in [0.1, 0.15) is 32.6 Å². The van der Waals surface area contributed by atoms with E-state index in [0.717, 1.165) is 25.7 Å². The molecule has 0 heterocycles. The molecule has 2 unspecified atom stereocenters. The number of rotatable bonds is 5. The van der Waals surface area contributed by atoms with E-state index < -0.39 is 9.84 Å². The van der Waals surface area contributed by atoms with Crippen LogP contribution in [0.4, 0.5) is 5.69 Å². The molecule has 0 radical (unpaired) electrons. The largest absolute Gasteiger partial charge is 0.393 e. The fourth-order valence-electron chi connectivity index (χ4n) is 2.71. The average Bonchev–Trinajstić information content (AvgIpc) is 2.47. The Morgan fingerprint density at radius 3 is 2.65 bits per heavy atom. The number of aliphatic hydroxyl groups excluding tert-OH is 1. The van der Waals surface area contributed by atoms with Crippen LogP contribution in [0.2, 0.25) is 0 Å². The molecule has 4 nitrogen and oxygen atoms in total. The first kappa shape index (κ1) is 15.3. The van der Waals surface area contributed by atoms with Gasteiger partial charge in [0.05, 0.1) is 22.4 Å². The summed E-state index contributed by atoms with van der Waals surface area (Å²) in [5, 5.41) is 13.2. The normalized spacial score (nSPS) is 23.5. The molecule has 0 aliphatic heterocycles. The van der Waals surface area contributed by atoms with Crippen LogP contribution in [0.15, 0.2) is 29.2 Å². The molecule has 0 saturated heterocycles. The molecule has 0 spiro atoms. The van der Waals surface area contributed by atoms with Gasteiger partial charge < -0.3 is 10.4 Å². The number of anilines is 1. The molecule has 1 saturated carbocycles. The summed E-state index contributed by atoms with van der Waals surface area (Å²) in [5.74, 6) is 0.304. The van der Waals surface area contributed by atoms with Gasteiger partial charge in [0, 0.05) is 12.5 Å². The van der Waals surface area contributed by atoms with Crippen LogP contribution in [-0.4, -0.2) is 31.9 Å². The number of nitrogens with one attached hydrogen (secondary N) is 1. The van der Waals surface area contributed by atoms with Crippen molar-refractivity contribution in [3.05, 3.63) is 24.3 Å². The van der Waals surface area contributed by atoms with E-state index in [1.54, 1.807) is 25.1 Å². The Hall–Kier alpha value is -1.07. The Labute approximate surface area is 121 Å². The van der Waals surface area contributed by atoms with E-state index >= 15 is 0 Å². The molecule has 0 aromatic heterocycles. The second-order valence-electron chi connectivity index (χ2n) is 5.39. The van der Waals surface area contributed by atoms with Crippen molar-refractivity contribution >= 4 is 15.5 Å². The third kappa shape index (κ3) is 3.52. The van der Waals surface area contributed by atoms with Crippen molar-refractivity contribution in [2.45, 2.75) is 43.6 Å². The lowest BCUT2D eigenvalue weighted by Crippen LogP contribution is -2.30. The van der Waals surface area contributed by atoms with E-state index in [1.807, 2.05) is 6.07 Å². The molecule has 20 heavy (non-hydrogen) atoms. The summed E-state index contributed by atoms with van der Waals surface area (Å²) < 4.78 is 24.1. The summed E-state index contributed by atoms with van der Waals surface area (Å²) in [6.45, 7) is 2.27. The average molecular weight is 297 g/mol. The summed E-state index contributed by atoms with van der Waals surface area (Å²) in [7, 11) is -3.22. The fraction of sp³-hybridized carbons (Fsp3) is 0.600. The molecular formula is C15H23NO3S. The zero-order chi connectivity index (χ0) is 14.6. The highest BCUT2D eigenvalue weighted by Gasteiger charge is 2.23. The van der Waals surface area contributed by atoms with Gasteiger partial charge in [0.2, 0.25) is 0 Å². The molecule has 1 aliphatic rings. The van der Waals surface area contributed by atoms with Crippen LogP contribution in [-0.2, 0) is 9.84 Å². The van der Waals surface area contributed by atoms with Gasteiger partial charge in [-0.15, -0.1) is 0 Å². The highest BCUT2D eigenvalue weighted by atomic mass is 32.2. The molecule has 1 aromatic carbocycles. The van der Waals surface area contributed by atoms with Crippen molar-refractivity contribution < 1.29 is 13.5 Å². The minimum atomic E-state index is -3.22. The van der Waals surface area contributed by atoms with Gasteiger partial charge in [-0.3, -0.25) is 0 Å². The van der Waals surface area contributed by atoms with Crippen LogP contribution < -0.4 is 5.32 Å². The minimum Gasteiger partial charge on any atom is -0.393 e. The Morgan fingerprint density at radius 2 is 1.95 bits per heavy atom. The number of aliphatic hydroxyl groups is 1. The monoisotopic (exact) mass is 297 g/mol. The molecule has 1 aromatic rings. The molecule has 1 aliphatic carbocycles. The highest BCUT2D eigenvalue weighted by molar-refractivity contribution is 7.91. The number of hydrogen-bond donors (Lipinski definition) is 2. The van der Waals surface area contributed by atoms with E-state index in [-0.39, 0.29) is 17.8 Å². The Morgan fingerprint density at radius 1 is 1.25 bits per heavy atom. The van der Waals surface area contributed by atoms with E-state index in [1.165, 1.54) is 0 Å². The van der Waals surface area contributed by atoms with Crippen molar-refractivity contribution in [3.63, 3.8) is 0 Å². The number of benzene rings is 1. The first-order chi connectivity index (χ1) is 9.54. The first-order valence-corrected chi connectivity index (χ1v) is 8.93. The van der Waals surface area contributed by atoms with Gasteiger partial charge >= 0.3 is 0 Å². The summed E-state index contributed by atoms with van der Waals surface area (Å²) >= 11 is 0. The minimum absolute atomic E-state index is 0.0950. The second kappa shape index (κ2) is 6.59. The smallest absolute Gasteiger partial charge is 0.180 e. The van der Waals surface area contributed by atoms with Crippen molar-refractivity contribution in [2.24, 2.45) is 5.92 Å². The maximum atomic E-state index is 12.0. The van der Waals surface area contributed by atoms with Crippen molar-refractivity contribution in [1.82, 2.24) is 0 Å². The molecule has 0 amide bonds. The third-order valence-electron chi connectivity index (χ3n) is 4.03. The van der Waals surface area contributed by atoms with Gasteiger partial charge in [-0.2, -0.15) is 0 Å². The number of para-hydroxylation sites is 1. The number of sulfone groups is 1. The second-order valence-corrected chi connectivity index (χ2v) is 7.64. The van der Waals surface area contributed by atoms with Crippen LogP contribution in [0.5, 0.6) is 0 Å². The predicted octanol–water partition coefficient (Wildman–Crippen LogP) is 2.44. The van der Waals surface area contributed by atoms with Gasteiger partial charge in [0.25, 0.3) is 0 Å². The summed E-state index contributed by atoms with van der Waals surface area (Å²) in [4.78, 5) is 0.354. The molecule has 5 heteroatoms. The number of hydrogen-bond acceptors (Lipinski definition) is 4. The maximum absolute atomic E-state index is 12.0. The van der Waals surface area contributed by atoms with Crippen LogP contribution in [0.3, 0.4) is 0 Å². The Kier molecular flexibility index (Phi) is 5.05. The summed E-state index contributed by atoms with van der Waals surface area (Å²) in [5.41, 5.74) is 0.645. The lowest BCUT2D eigenvalue weighted by molar-refractivity contribution is 0.0763. The van der Waals surface area contributed by atoms with Gasteiger partial charge in [0.15, 0.2) is 9.84 Å². The van der Waals surface area contributed by atoms with Crippen molar-refractivity contribution in [2.75, 3.05) is 17.6 Å². The molecule has 2 atom stereocenters. The van der Waals surface area contributed by atoms with Gasteiger partial charge in [-0.25, -0.2) is 8.42 Å². The van der Waals surface area contributed by atoms with Crippen molar-refractivity contribution in [3.8, 4) is 0 Å². The lowest BCUT2D eigenvalue weighted by Gasteiger charge is -2.28. The lowest BCUT2D eigenvalue weighted by atomic mass is 9.86. The topological polar surface area (TPSA) is 66.4 Å². The van der Waals surface area contributed by atoms with Gasteiger partial charge in [-0.1, -0.05) is 31.9 Å². The zero-order valence-electron chi connectivity index (χ0n) is 11.9. The molecule has 0 bridgehead atoms.